The van der Waals surface area contributed by atoms with E-state index < -0.39 is 6.36 Å². The summed E-state index contributed by atoms with van der Waals surface area (Å²) in [6, 6.07) is 5.60. The number of benzene rings is 1. The highest BCUT2D eigenvalue weighted by molar-refractivity contribution is 5.93. The van der Waals surface area contributed by atoms with Crippen LogP contribution in [0.2, 0.25) is 0 Å². The fourth-order valence-corrected chi connectivity index (χ4v) is 1.56. The van der Waals surface area contributed by atoms with Crippen molar-refractivity contribution in [3.05, 3.63) is 24.3 Å². The zero-order valence-electron chi connectivity index (χ0n) is 10.1. The van der Waals surface area contributed by atoms with Gasteiger partial charge in [0, 0.05) is 13.5 Å². The van der Waals surface area contributed by atoms with Gasteiger partial charge < -0.3 is 9.64 Å². The predicted molar refractivity (Wildman–Crippen MR) is 61.4 cm³/mol. The Labute approximate surface area is 103 Å². The average Bonchev–Trinajstić information content (AvgIpc) is 2.24. The largest absolute Gasteiger partial charge is 0.573 e. The molecule has 18 heavy (non-hydrogen) atoms. The van der Waals surface area contributed by atoms with Gasteiger partial charge in [0.05, 0.1) is 5.69 Å². The smallest absolute Gasteiger partial charge is 0.404 e. The zero-order valence-corrected chi connectivity index (χ0v) is 10.1. The summed E-state index contributed by atoms with van der Waals surface area (Å²) in [6.45, 7) is 3.48. The van der Waals surface area contributed by atoms with Crippen LogP contribution in [0, 0.1) is 0 Å². The molecule has 0 aromatic heterocycles. The Balaban J connectivity index is 3.10. The number of alkyl halides is 3. The van der Waals surface area contributed by atoms with Gasteiger partial charge in [-0.25, -0.2) is 0 Å². The molecule has 0 fully saturated rings. The van der Waals surface area contributed by atoms with E-state index in [-0.39, 0.29) is 17.3 Å². The van der Waals surface area contributed by atoms with Crippen molar-refractivity contribution in [1.82, 2.24) is 0 Å². The van der Waals surface area contributed by atoms with Gasteiger partial charge in [0.25, 0.3) is 0 Å². The number of hydrogen-bond acceptors (Lipinski definition) is 2. The molecule has 0 atom stereocenters. The minimum absolute atomic E-state index is 0.129. The summed E-state index contributed by atoms with van der Waals surface area (Å²) in [7, 11) is 0. The number of amides is 1. The van der Waals surface area contributed by atoms with Gasteiger partial charge in [-0.3, -0.25) is 4.79 Å². The Morgan fingerprint density at radius 3 is 2.44 bits per heavy atom. The van der Waals surface area contributed by atoms with Gasteiger partial charge in [-0.2, -0.15) is 0 Å². The molecule has 0 aliphatic carbocycles. The molecule has 1 aromatic carbocycles. The van der Waals surface area contributed by atoms with E-state index in [1.54, 1.807) is 6.07 Å². The van der Waals surface area contributed by atoms with E-state index in [0.29, 0.717) is 13.0 Å². The predicted octanol–water partition coefficient (Wildman–Crippen LogP) is 3.35. The molecule has 1 amide bonds. The van der Waals surface area contributed by atoms with E-state index in [2.05, 4.69) is 4.74 Å². The lowest BCUT2D eigenvalue weighted by Crippen LogP contribution is -2.30. The first kappa shape index (κ1) is 14.3. The number of carbonyl (C=O) groups is 1. The number of anilines is 1. The van der Waals surface area contributed by atoms with Crippen LogP contribution in [0.1, 0.15) is 20.3 Å². The lowest BCUT2D eigenvalue weighted by atomic mass is 10.2. The highest BCUT2D eigenvalue weighted by Crippen LogP contribution is 2.32. The normalized spacial score (nSPS) is 11.2. The molecule has 6 heteroatoms. The van der Waals surface area contributed by atoms with Gasteiger partial charge in [0.1, 0.15) is 0 Å². The molecule has 0 bridgehead atoms. The van der Waals surface area contributed by atoms with Crippen molar-refractivity contribution in [3.8, 4) is 5.75 Å². The van der Waals surface area contributed by atoms with Crippen LogP contribution in [0.3, 0.4) is 0 Å². The molecule has 0 N–H and O–H groups in total. The summed E-state index contributed by atoms with van der Waals surface area (Å²) < 4.78 is 40.7. The number of ether oxygens (including phenoxy) is 1. The average molecular weight is 261 g/mol. The quantitative estimate of drug-likeness (QED) is 0.831. The molecule has 0 aliphatic rings. The van der Waals surface area contributed by atoms with Crippen LogP contribution >= 0.6 is 0 Å². The van der Waals surface area contributed by atoms with Gasteiger partial charge in [-0.05, 0) is 18.6 Å². The van der Waals surface area contributed by atoms with E-state index in [1.165, 1.54) is 30.0 Å². The highest BCUT2D eigenvalue weighted by Gasteiger charge is 2.32. The number of para-hydroxylation sites is 2. The summed E-state index contributed by atoms with van der Waals surface area (Å²) in [5, 5.41) is 0. The first-order chi connectivity index (χ1) is 8.35. The number of halogens is 3. The van der Waals surface area contributed by atoms with Crippen molar-refractivity contribution in [2.24, 2.45) is 0 Å². The van der Waals surface area contributed by atoms with E-state index in [9.17, 15) is 18.0 Å². The monoisotopic (exact) mass is 261 g/mol. The van der Waals surface area contributed by atoms with Crippen LogP contribution in [-0.2, 0) is 4.79 Å². The topological polar surface area (TPSA) is 29.5 Å². The van der Waals surface area contributed by atoms with E-state index >= 15 is 0 Å². The van der Waals surface area contributed by atoms with Crippen molar-refractivity contribution >= 4 is 11.6 Å². The van der Waals surface area contributed by atoms with Crippen molar-refractivity contribution in [1.29, 1.82) is 0 Å². The van der Waals surface area contributed by atoms with Crippen molar-refractivity contribution in [2.45, 2.75) is 26.6 Å². The van der Waals surface area contributed by atoms with Crippen molar-refractivity contribution in [2.75, 3.05) is 11.4 Å². The Kier molecular flexibility index (Phi) is 4.58. The molecular weight excluding hydrogens is 247 g/mol. The summed E-state index contributed by atoms with van der Waals surface area (Å²) in [5.41, 5.74) is 0.129. The second-order valence-corrected chi connectivity index (χ2v) is 3.69. The van der Waals surface area contributed by atoms with Gasteiger partial charge >= 0.3 is 6.36 Å². The third-order valence-electron chi connectivity index (χ3n) is 2.21. The Bertz CT molecular complexity index is 418. The molecule has 0 saturated heterocycles. The first-order valence-electron chi connectivity index (χ1n) is 5.48. The third-order valence-corrected chi connectivity index (χ3v) is 2.21. The summed E-state index contributed by atoms with van der Waals surface area (Å²) >= 11 is 0. The minimum Gasteiger partial charge on any atom is -0.404 e. The van der Waals surface area contributed by atoms with E-state index in [4.69, 9.17) is 0 Å². The Hall–Kier alpha value is -1.72. The van der Waals surface area contributed by atoms with Crippen LogP contribution in [0.4, 0.5) is 18.9 Å². The molecule has 1 aromatic rings. The zero-order chi connectivity index (χ0) is 13.8. The molecular formula is C12H14F3NO2. The third kappa shape index (κ3) is 3.94. The molecule has 0 heterocycles. The number of nitrogens with zero attached hydrogens (tertiary/aromatic N) is 1. The molecule has 0 saturated carbocycles. The molecule has 3 nitrogen and oxygen atoms in total. The molecule has 0 radical (unpaired) electrons. The maximum absolute atomic E-state index is 12.2. The first-order valence-corrected chi connectivity index (χ1v) is 5.48. The molecule has 100 valence electrons. The standard InChI is InChI=1S/C12H14F3NO2/c1-3-8-16(9(2)17)10-6-4-5-7-11(10)18-12(13,14)15/h4-7H,3,8H2,1-2H3. The molecule has 0 unspecified atom stereocenters. The Morgan fingerprint density at radius 2 is 1.94 bits per heavy atom. The Morgan fingerprint density at radius 1 is 1.33 bits per heavy atom. The number of hydrogen-bond donors (Lipinski definition) is 0. The number of carbonyl (C=O) groups excluding carboxylic acids is 1. The van der Waals surface area contributed by atoms with Gasteiger partial charge in [0.15, 0.2) is 5.75 Å². The van der Waals surface area contributed by atoms with Crippen LogP contribution in [0.25, 0.3) is 0 Å². The van der Waals surface area contributed by atoms with Crippen LogP contribution in [0.5, 0.6) is 5.75 Å². The lowest BCUT2D eigenvalue weighted by molar-refractivity contribution is -0.274. The highest BCUT2D eigenvalue weighted by atomic mass is 19.4. The second-order valence-electron chi connectivity index (χ2n) is 3.69. The lowest BCUT2D eigenvalue weighted by Gasteiger charge is -2.23. The van der Waals surface area contributed by atoms with Crippen LogP contribution in [-0.4, -0.2) is 18.8 Å². The van der Waals surface area contributed by atoms with E-state index in [0.717, 1.165) is 0 Å². The fraction of sp³-hybridized carbons (Fsp3) is 0.417. The SMILES string of the molecule is CCCN(C(C)=O)c1ccccc1OC(F)(F)F. The van der Waals surface area contributed by atoms with Crippen molar-refractivity contribution in [3.63, 3.8) is 0 Å². The maximum Gasteiger partial charge on any atom is 0.573 e. The fourth-order valence-electron chi connectivity index (χ4n) is 1.56. The van der Waals surface area contributed by atoms with Gasteiger partial charge in [-0.1, -0.05) is 19.1 Å². The van der Waals surface area contributed by atoms with Gasteiger partial charge in [-0.15, -0.1) is 13.2 Å². The van der Waals surface area contributed by atoms with Crippen molar-refractivity contribution < 1.29 is 22.7 Å². The van der Waals surface area contributed by atoms with Crippen LogP contribution in [0.15, 0.2) is 24.3 Å². The van der Waals surface area contributed by atoms with Gasteiger partial charge in [0.2, 0.25) is 5.91 Å². The minimum atomic E-state index is -4.77. The summed E-state index contributed by atoms with van der Waals surface area (Å²) in [4.78, 5) is 12.7. The summed E-state index contributed by atoms with van der Waals surface area (Å²) in [5.74, 6) is -0.691. The molecule has 0 spiro atoms. The summed E-state index contributed by atoms with van der Waals surface area (Å²) in [6.07, 6.45) is -4.13. The second kappa shape index (κ2) is 5.75. The molecule has 1 rings (SSSR count). The van der Waals surface area contributed by atoms with Crippen LogP contribution < -0.4 is 9.64 Å². The number of rotatable bonds is 4. The molecule has 0 aliphatic heterocycles. The van der Waals surface area contributed by atoms with E-state index in [1.807, 2.05) is 6.92 Å². The maximum atomic E-state index is 12.2.